The Hall–Kier alpha value is -1.75. The van der Waals surface area contributed by atoms with Gasteiger partial charge in [-0.25, -0.2) is 0 Å². The topological polar surface area (TPSA) is 66.8 Å². The molecule has 0 saturated carbocycles. The quantitative estimate of drug-likeness (QED) is 0.891. The lowest BCUT2D eigenvalue weighted by molar-refractivity contribution is -0.139. The lowest BCUT2D eigenvalue weighted by Crippen LogP contribution is -2.53. The van der Waals surface area contributed by atoms with Gasteiger partial charge in [-0.15, -0.1) is 0 Å². The van der Waals surface area contributed by atoms with Gasteiger partial charge in [0.2, 0.25) is 0 Å². The van der Waals surface area contributed by atoms with Crippen LogP contribution in [0.1, 0.15) is 13.8 Å². The Morgan fingerprint density at radius 1 is 1.50 bits per heavy atom. The van der Waals surface area contributed by atoms with E-state index < -0.39 is 24.0 Å². The van der Waals surface area contributed by atoms with E-state index in [1.54, 1.807) is 26.0 Å². The van der Waals surface area contributed by atoms with Crippen LogP contribution in [0.2, 0.25) is 5.02 Å². The maximum atomic E-state index is 12.2. The number of carboxylic acids is 1. The largest absolute Gasteiger partial charge is 0.480 e. The minimum Gasteiger partial charge on any atom is -0.480 e. The zero-order chi connectivity index (χ0) is 13.5. The van der Waals surface area contributed by atoms with E-state index in [4.69, 9.17) is 21.4 Å². The fourth-order valence-corrected chi connectivity index (χ4v) is 2.00. The molecule has 0 atom stereocenters. The average molecular weight is 270 g/mol. The van der Waals surface area contributed by atoms with Crippen LogP contribution in [0.15, 0.2) is 18.2 Å². The molecule has 1 heterocycles. The Labute approximate surface area is 109 Å². The number of carbonyl (C=O) groups is 2. The summed E-state index contributed by atoms with van der Waals surface area (Å²) < 4.78 is 5.56. The number of fused-ring (bicyclic) bond motifs is 1. The highest BCUT2D eigenvalue weighted by Crippen LogP contribution is 2.39. The molecule has 0 unspecified atom stereocenters. The fourth-order valence-electron chi connectivity index (χ4n) is 1.83. The van der Waals surface area contributed by atoms with Gasteiger partial charge in [-0.2, -0.15) is 0 Å². The first-order chi connectivity index (χ1) is 8.31. The summed E-state index contributed by atoms with van der Waals surface area (Å²) in [4.78, 5) is 24.2. The molecule has 1 aliphatic rings. The van der Waals surface area contributed by atoms with Gasteiger partial charge in [0.1, 0.15) is 12.3 Å². The molecular weight excluding hydrogens is 258 g/mol. The van der Waals surface area contributed by atoms with Gasteiger partial charge in [-0.3, -0.25) is 14.5 Å². The predicted molar refractivity (Wildman–Crippen MR) is 66.1 cm³/mol. The molecule has 1 amide bonds. The normalized spacial score (nSPS) is 17.1. The number of hydrogen-bond donors (Lipinski definition) is 1. The Bertz CT molecular complexity index is 527. The number of carboxylic acid groups (broad SMARTS) is 1. The zero-order valence-corrected chi connectivity index (χ0v) is 10.7. The number of amides is 1. The molecule has 1 aromatic rings. The summed E-state index contributed by atoms with van der Waals surface area (Å²) >= 11 is 5.86. The summed E-state index contributed by atoms with van der Waals surface area (Å²) in [7, 11) is 0. The van der Waals surface area contributed by atoms with Crippen molar-refractivity contribution >= 4 is 29.2 Å². The number of benzene rings is 1. The molecule has 0 saturated heterocycles. The van der Waals surface area contributed by atoms with Gasteiger partial charge in [0.15, 0.2) is 5.60 Å². The Morgan fingerprint density at radius 3 is 2.78 bits per heavy atom. The van der Waals surface area contributed by atoms with Gasteiger partial charge in [0.25, 0.3) is 5.91 Å². The van der Waals surface area contributed by atoms with E-state index >= 15 is 0 Å². The van der Waals surface area contributed by atoms with Crippen LogP contribution in [0.5, 0.6) is 5.75 Å². The smallest absolute Gasteiger partial charge is 0.323 e. The molecule has 1 aliphatic heterocycles. The van der Waals surface area contributed by atoms with Gasteiger partial charge < -0.3 is 9.84 Å². The zero-order valence-electron chi connectivity index (χ0n) is 9.94. The molecule has 5 nitrogen and oxygen atoms in total. The molecule has 1 aromatic carbocycles. The number of aliphatic carboxylic acids is 1. The lowest BCUT2D eigenvalue weighted by Gasteiger charge is -2.38. The second-order valence-corrected chi connectivity index (χ2v) is 4.95. The molecule has 18 heavy (non-hydrogen) atoms. The third-order valence-electron chi connectivity index (χ3n) is 2.63. The lowest BCUT2D eigenvalue weighted by atomic mass is 10.0. The number of carbonyl (C=O) groups excluding carboxylic acids is 1. The van der Waals surface area contributed by atoms with Crippen molar-refractivity contribution in [3.8, 4) is 5.75 Å². The monoisotopic (exact) mass is 269 g/mol. The molecule has 0 aliphatic carbocycles. The van der Waals surface area contributed by atoms with Crippen LogP contribution < -0.4 is 9.64 Å². The average Bonchev–Trinajstić information content (AvgIpc) is 2.25. The van der Waals surface area contributed by atoms with Gasteiger partial charge >= 0.3 is 5.97 Å². The van der Waals surface area contributed by atoms with E-state index in [1.165, 1.54) is 11.0 Å². The van der Waals surface area contributed by atoms with Crippen LogP contribution in [0.3, 0.4) is 0 Å². The van der Waals surface area contributed by atoms with Crippen LogP contribution in [-0.4, -0.2) is 29.1 Å². The number of rotatable bonds is 2. The highest BCUT2D eigenvalue weighted by atomic mass is 35.5. The standard InChI is InChI=1S/C12H12ClNO4/c1-12(2)11(17)14(6-10(15)16)8-5-7(13)3-4-9(8)18-12/h3-5H,6H2,1-2H3,(H,15,16). The van der Waals surface area contributed by atoms with Gasteiger partial charge in [-0.1, -0.05) is 11.6 Å². The molecule has 0 bridgehead atoms. The summed E-state index contributed by atoms with van der Waals surface area (Å²) in [5.41, 5.74) is -0.703. The van der Waals surface area contributed by atoms with Gasteiger partial charge in [0, 0.05) is 5.02 Å². The van der Waals surface area contributed by atoms with E-state index in [-0.39, 0.29) is 0 Å². The fraction of sp³-hybridized carbons (Fsp3) is 0.333. The van der Waals surface area contributed by atoms with Gasteiger partial charge in [0.05, 0.1) is 5.69 Å². The first kappa shape index (κ1) is 12.7. The number of halogens is 1. The molecule has 6 heteroatoms. The molecule has 2 rings (SSSR count). The SMILES string of the molecule is CC1(C)Oc2ccc(Cl)cc2N(CC(=O)O)C1=O. The summed E-state index contributed by atoms with van der Waals surface area (Å²) in [6.07, 6.45) is 0. The summed E-state index contributed by atoms with van der Waals surface area (Å²) in [6, 6.07) is 4.78. The van der Waals surface area contributed by atoms with Crippen molar-refractivity contribution in [2.75, 3.05) is 11.4 Å². The second kappa shape index (κ2) is 4.17. The number of nitrogens with zero attached hydrogens (tertiary/aromatic N) is 1. The van der Waals surface area contributed by atoms with E-state index in [0.717, 1.165) is 0 Å². The van der Waals surface area contributed by atoms with E-state index in [1.807, 2.05) is 0 Å². The number of anilines is 1. The van der Waals surface area contributed by atoms with Crippen molar-refractivity contribution in [3.05, 3.63) is 23.2 Å². The predicted octanol–water partition coefficient (Wildman–Crippen LogP) is 1.93. The maximum absolute atomic E-state index is 12.2. The van der Waals surface area contributed by atoms with Crippen LogP contribution in [-0.2, 0) is 9.59 Å². The summed E-state index contributed by atoms with van der Waals surface area (Å²) in [5.74, 6) is -1.04. The Balaban J connectivity index is 2.53. The van der Waals surface area contributed by atoms with Crippen LogP contribution in [0, 0.1) is 0 Å². The second-order valence-electron chi connectivity index (χ2n) is 4.51. The third kappa shape index (κ3) is 2.13. The third-order valence-corrected chi connectivity index (χ3v) is 2.87. The summed E-state index contributed by atoms with van der Waals surface area (Å²) in [6.45, 7) is 2.78. The van der Waals surface area contributed by atoms with Crippen molar-refractivity contribution in [2.45, 2.75) is 19.4 Å². The first-order valence-corrected chi connectivity index (χ1v) is 5.71. The van der Waals surface area contributed by atoms with Crippen LogP contribution in [0.25, 0.3) is 0 Å². The summed E-state index contributed by atoms with van der Waals surface area (Å²) in [5, 5.41) is 9.30. The molecule has 96 valence electrons. The van der Waals surface area contributed by atoms with E-state index in [9.17, 15) is 9.59 Å². The molecule has 0 fully saturated rings. The Morgan fingerprint density at radius 2 is 2.17 bits per heavy atom. The van der Waals surface area contributed by atoms with Crippen molar-refractivity contribution in [3.63, 3.8) is 0 Å². The Kier molecular flexibility index (Phi) is 2.94. The minimum absolute atomic E-state index is 0.384. The van der Waals surface area contributed by atoms with Crippen LogP contribution in [0.4, 0.5) is 5.69 Å². The van der Waals surface area contributed by atoms with Crippen molar-refractivity contribution < 1.29 is 19.4 Å². The number of hydrogen-bond acceptors (Lipinski definition) is 3. The van der Waals surface area contributed by atoms with Crippen molar-refractivity contribution in [1.82, 2.24) is 0 Å². The maximum Gasteiger partial charge on any atom is 0.323 e. The first-order valence-electron chi connectivity index (χ1n) is 5.33. The van der Waals surface area contributed by atoms with E-state index in [0.29, 0.717) is 16.5 Å². The van der Waals surface area contributed by atoms with Crippen LogP contribution >= 0.6 is 11.6 Å². The molecular formula is C12H12ClNO4. The molecule has 0 radical (unpaired) electrons. The molecule has 1 N–H and O–H groups in total. The highest BCUT2D eigenvalue weighted by molar-refractivity contribution is 6.31. The number of ether oxygens (including phenoxy) is 1. The van der Waals surface area contributed by atoms with E-state index in [2.05, 4.69) is 0 Å². The highest BCUT2D eigenvalue weighted by Gasteiger charge is 2.41. The molecule has 0 aromatic heterocycles. The van der Waals surface area contributed by atoms with Gasteiger partial charge in [-0.05, 0) is 32.0 Å². The molecule has 0 spiro atoms. The minimum atomic E-state index is -1.09. The van der Waals surface area contributed by atoms with Crippen molar-refractivity contribution in [1.29, 1.82) is 0 Å². The van der Waals surface area contributed by atoms with Crippen molar-refractivity contribution in [2.24, 2.45) is 0 Å².